The largest absolute Gasteiger partial charge is 0.453 e. The summed E-state index contributed by atoms with van der Waals surface area (Å²) in [6.45, 7) is -0.00216. The quantitative estimate of drug-likeness (QED) is 0.612. The number of carbonyl (C=O) groups is 1. The zero-order valence-corrected chi connectivity index (χ0v) is 14.6. The van der Waals surface area contributed by atoms with Crippen LogP contribution in [0.4, 0.5) is 16.2 Å². The summed E-state index contributed by atoms with van der Waals surface area (Å²) < 4.78 is 4.57. The van der Waals surface area contributed by atoms with Gasteiger partial charge in [0.2, 0.25) is 5.06 Å². The van der Waals surface area contributed by atoms with Crippen LogP contribution in [0.1, 0.15) is 5.56 Å². The van der Waals surface area contributed by atoms with Crippen molar-refractivity contribution >= 4 is 41.0 Å². The fraction of sp³-hybridized carbons (Fsp3) is 0.500. The Balaban J connectivity index is 1.93. The van der Waals surface area contributed by atoms with E-state index in [1.54, 1.807) is 23.9 Å². The molecular formula is C14H17N3O5S2. The average Bonchev–Trinajstić information content (AvgIpc) is 2.86. The highest BCUT2D eigenvalue weighted by atomic mass is 32.2. The minimum Gasteiger partial charge on any atom is -0.453 e. The lowest BCUT2D eigenvalue weighted by Crippen LogP contribution is -2.55. The second-order valence-electron chi connectivity index (χ2n) is 5.41. The summed E-state index contributed by atoms with van der Waals surface area (Å²) >= 11 is 3.04. The van der Waals surface area contributed by atoms with Gasteiger partial charge >= 0.3 is 6.09 Å². The molecule has 1 saturated heterocycles. The van der Waals surface area contributed by atoms with E-state index in [1.165, 1.54) is 24.9 Å². The van der Waals surface area contributed by atoms with Crippen molar-refractivity contribution in [2.24, 2.45) is 0 Å². The number of nitrogens with one attached hydrogen (secondary N) is 1. The molecule has 2 heterocycles. The maximum Gasteiger partial charge on any atom is 0.407 e. The number of hydrogen-bond donors (Lipinski definition) is 2. The number of hydrogen-bond acceptors (Lipinski definition) is 8. The minimum atomic E-state index is -1.33. The Morgan fingerprint density at radius 1 is 1.58 bits per heavy atom. The first-order valence-corrected chi connectivity index (χ1v) is 9.34. The fourth-order valence-corrected chi connectivity index (χ4v) is 5.58. The molecule has 2 aliphatic rings. The van der Waals surface area contributed by atoms with E-state index in [9.17, 15) is 20.0 Å². The molecule has 2 aliphatic heterocycles. The van der Waals surface area contributed by atoms with E-state index >= 15 is 0 Å². The predicted octanol–water partition coefficient (Wildman–Crippen LogP) is 1.77. The molecule has 8 nitrogen and oxygen atoms in total. The molecule has 0 aromatic heterocycles. The maximum atomic E-state index is 11.4. The Labute approximate surface area is 147 Å². The number of methoxy groups -OCH3 is 1. The number of amides is 1. The first kappa shape index (κ1) is 17.2. The molecule has 0 spiro atoms. The number of carbonyl (C=O) groups excluding carboxylic acids is 1. The van der Waals surface area contributed by atoms with Crippen molar-refractivity contribution in [1.82, 2.24) is 5.32 Å². The summed E-state index contributed by atoms with van der Waals surface area (Å²) in [5, 5.41) is 23.3. The van der Waals surface area contributed by atoms with Gasteiger partial charge in [-0.05, 0) is 11.6 Å². The molecule has 2 N–H and O–H groups in total. The molecule has 2 atom stereocenters. The number of nitrogens with zero attached hydrogens (tertiary/aromatic N) is 2. The summed E-state index contributed by atoms with van der Waals surface area (Å²) in [6, 6.07) is 4.67. The van der Waals surface area contributed by atoms with E-state index in [0.29, 0.717) is 6.42 Å². The summed E-state index contributed by atoms with van der Waals surface area (Å²) in [5.41, 5.74) is 1.64. The van der Waals surface area contributed by atoms with Crippen LogP contribution in [0.15, 0.2) is 18.2 Å². The van der Waals surface area contributed by atoms with Gasteiger partial charge in [-0.1, -0.05) is 0 Å². The normalized spacial score (nSPS) is 25.4. The number of rotatable bonds is 3. The van der Waals surface area contributed by atoms with Crippen LogP contribution >= 0.6 is 23.5 Å². The van der Waals surface area contributed by atoms with Gasteiger partial charge in [0.15, 0.2) is 0 Å². The van der Waals surface area contributed by atoms with Crippen LogP contribution in [0, 0.1) is 10.1 Å². The molecule has 0 aliphatic carbocycles. The number of alkyl carbamates (subject to hydrolysis) is 1. The second kappa shape index (κ2) is 6.69. The Morgan fingerprint density at radius 2 is 2.38 bits per heavy atom. The highest BCUT2D eigenvalue weighted by Crippen LogP contribution is 2.47. The maximum absolute atomic E-state index is 11.4. The zero-order valence-electron chi connectivity index (χ0n) is 12.9. The summed E-state index contributed by atoms with van der Waals surface area (Å²) in [7, 11) is 1.27. The van der Waals surface area contributed by atoms with E-state index in [4.69, 9.17) is 0 Å². The van der Waals surface area contributed by atoms with Crippen molar-refractivity contribution in [1.29, 1.82) is 0 Å². The molecule has 1 aromatic rings. The highest BCUT2D eigenvalue weighted by Gasteiger charge is 2.46. The number of nitro benzene ring substituents is 1. The molecule has 1 fully saturated rings. The van der Waals surface area contributed by atoms with Crippen LogP contribution in [0.5, 0.6) is 0 Å². The van der Waals surface area contributed by atoms with Crippen LogP contribution in [0.25, 0.3) is 0 Å². The van der Waals surface area contributed by atoms with Gasteiger partial charge in [-0.15, -0.1) is 23.5 Å². The van der Waals surface area contributed by atoms with Crippen molar-refractivity contribution in [3.63, 3.8) is 0 Å². The number of anilines is 1. The van der Waals surface area contributed by atoms with Gasteiger partial charge in [0.25, 0.3) is 5.69 Å². The van der Waals surface area contributed by atoms with Crippen LogP contribution in [-0.2, 0) is 11.2 Å². The SMILES string of the molecule is COC(=O)NCC1(O)SCCSC2Cc3cc([N+](=O)[O-])ccc3N21. The van der Waals surface area contributed by atoms with Crippen LogP contribution in [0.3, 0.4) is 0 Å². The molecule has 1 amide bonds. The van der Waals surface area contributed by atoms with Crippen molar-refractivity contribution in [3.8, 4) is 0 Å². The van der Waals surface area contributed by atoms with Crippen molar-refractivity contribution in [2.75, 3.05) is 30.1 Å². The van der Waals surface area contributed by atoms with Gasteiger partial charge in [0.05, 0.1) is 24.0 Å². The fourth-order valence-electron chi connectivity index (χ4n) is 2.92. The third kappa shape index (κ3) is 3.13. The van der Waals surface area contributed by atoms with Gasteiger partial charge in [-0.3, -0.25) is 10.1 Å². The predicted molar refractivity (Wildman–Crippen MR) is 93.3 cm³/mol. The third-order valence-electron chi connectivity index (χ3n) is 3.97. The number of fused-ring (bicyclic) bond motifs is 3. The lowest BCUT2D eigenvalue weighted by Gasteiger charge is -2.39. The van der Waals surface area contributed by atoms with Crippen molar-refractivity contribution in [2.45, 2.75) is 16.9 Å². The summed E-state index contributed by atoms with van der Waals surface area (Å²) in [5.74, 6) is 1.59. The Morgan fingerprint density at radius 3 is 3.08 bits per heavy atom. The van der Waals surface area contributed by atoms with E-state index in [1.807, 2.05) is 4.90 Å². The first-order valence-electron chi connectivity index (χ1n) is 7.31. The number of thioether (sulfide) groups is 2. The lowest BCUT2D eigenvalue weighted by atomic mass is 10.1. The van der Waals surface area contributed by atoms with Gasteiger partial charge in [-0.25, -0.2) is 4.79 Å². The molecule has 24 heavy (non-hydrogen) atoms. The number of nitro groups is 1. The Hall–Kier alpha value is -1.65. The molecule has 2 unspecified atom stereocenters. The molecule has 130 valence electrons. The topological polar surface area (TPSA) is 105 Å². The zero-order chi connectivity index (χ0) is 17.3. The minimum absolute atomic E-state index is 0.00216. The summed E-state index contributed by atoms with van der Waals surface area (Å²) in [4.78, 5) is 23.8. The molecule has 1 aromatic carbocycles. The lowest BCUT2D eigenvalue weighted by molar-refractivity contribution is -0.384. The van der Waals surface area contributed by atoms with Gasteiger partial charge in [0, 0.05) is 35.7 Å². The highest BCUT2D eigenvalue weighted by molar-refractivity contribution is 8.04. The third-order valence-corrected chi connectivity index (χ3v) is 6.64. The van der Waals surface area contributed by atoms with E-state index in [-0.39, 0.29) is 17.6 Å². The number of non-ortho nitro benzene ring substituents is 1. The number of ether oxygens (including phenoxy) is 1. The number of aliphatic hydroxyl groups is 1. The van der Waals surface area contributed by atoms with Gasteiger partial charge < -0.3 is 20.1 Å². The standard InChI is InChI=1S/C14H17N3O5S2/c1-22-13(18)15-8-14(19)16-11-3-2-10(17(20)21)6-9(11)7-12(16)23-4-5-24-14/h2-3,6,12,19H,4-5,7-8H2,1H3,(H,15,18). The van der Waals surface area contributed by atoms with Gasteiger partial charge in [0.1, 0.15) is 0 Å². The van der Waals surface area contributed by atoms with E-state index in [0.717, 1.165) is 22.8 Å². The van der Waals surface area contributed by atoms with Crippen molar-refractivity contribution < 1.29 is 19.6 Å². The Bertz CT molecular complexity index is 674. The first-order chi connectivity index (χ1) is 11.4. The molecule has 3 rings (SSSR count). The van der Waals surface area contributed by atoms with Crippen LogP contribution < -0.4 is 10.2 Å². The smallest absolute Gasteiger partial charge is 0.407 e. The van der Waals surface area contributed by atoms with Gasteiger partial charge in [-0.2, -0.15) is 0 Å². The average molecular weight is 371 g/mol. The van der Waals surface area contributed by atoms with Crippen LogP contribution in [0.2, 0.25) is 0 Å². The molecule has 0 radical (unpaired) electrons. The second-order valence-corrected chi connectivity index (χ2v) is 8.04. The van der Waals surface area contributed by atoms with E-state index < -0.39 is 16.1 Å². The molecule has 0 saturated carbocycles. The van der Waals surface area contributed by atoms with E-state index in [2.05, 4.69) is 10.1 Å². The molecule has 10 heteroatoms. The molecule has 0 bridgehead atoms. The number of benzene rings is 1. The molecular weight excluding hydrogens is 354 g/mol. The van der Waals surface area contributed by atoms with Crippen LogP contribution in [-0.4, -0.2) is 51.7 Å². The monoisotopic (exact) mass is 371 g/mol. The Kier molecular flexibility index (Phi) is 4.79. The van der Waals surface area contributed by atoms with Crippen molar-refractivity contribution in [3.05, 3.63) is 33.9 Å². The summed E-state index contributed by atoms with van der Waals surface area (Å²) in [6.07, 6.45) is 0.00330.